The summed E-state index contributed by atoms with van der Waals surface area (Å²) in [5, 5.41) is 9.09. The van der Waals surface area contributed by atoms with Crippen molar-refractivity contribution >= 4 is 12.3 Å². The minimum Gasteiger partial charge on any atom is -0.432 e. The molecule has 0 spiro atoms. The molecule has 0 aromatic heterocycles. The lowest BCUT2D eigenvalue weighted by atomic mass is 10.1. The molecule has 1 N–H and O–H groups in total. The molecule has 15 heavy (non-hydrogen) atoms. The van der Waals surface area contributed by atoms with E-state index in [9.17, 15) is 9.59 Å². The predicted octanol–water partition coefficient (Wildman–Crippen LogP) is 1.38. The summed E-state index contributed by atoms with van der Waals surface area (Å²) >= 11 is 0. The molecule has 4 nitrogen and oxygen atoms in total. The Kier molecular flexibility index (Phi) is 4.00. The number of rotatable bonds is 4. The minimum absolute atomic E-state index is 0.313. The van der Waals surface area contributed by atoms with Gasteiger partial charge in [0.15, 0.2) is 0 Å². The molecule has 0 heterocycles. The van der Waals surface area contributed by atoms with E-state index in [4.69, 9.17) is 5.11 Å². The number of hydrogen-bond acceptors (Lipinski definition) is 4. The molecular formula is C11H12O4. The number of hydrogen-bond donors (Lipinski definition) is 1. The molecule has 4 heteroatoms. The monoisotopic (exact) mass is 208 g/mol. The van der Waals surface area contributed by atoms with Gasteiger partial charge in [-0.3, -0.25) is 4.79 Å². The fourth-order valence-corrected chi connectivity index (χ4v) is 0.973. The molecule has 0 saturated carbocycles. The second kappa shape index (κ2) is 5.26. The summed E-state index contributed by atoms with van der Waals surface area (Å²) in [7, 11) is 0. The Balaban J connectivity index is 2.70. The van der Waals surface area contributed by atoms with E-state index in [-0.39, 0.29) is 0 Å². The van der Waals surface area contributed by atoms with Gasteiger partial charge in [-0.25, -0.2) is 4.79 Å². The highest BCUT2D eigenvalue weighted by Crippen LogP contribution is 2.06. The number of aldehydes is 1. The van der Waals surface area contributed by atoms with Gasteiger partial charge in [0.25, 0.3) is 0 Å². The first-order valence-corrected chi connectivity index (χ1v) is 4.61. The van der Waals surface area contributed by atoms with E-state index in [1.807, 2.05) is 0 Å². The highest BCUT2D eigenvalue weighted by Gasteiger charge is 2.11. The molecule has 0 radical (unpaired) electrons. The Morgan fingerprint density at radius 1 is 1.47 bits per heavy atom. The molecule has 0 saturated heterocycles. The van der Waals surface area contributed by atoms with Crippen LogP contribution in [0.4, 0.5) is 0 Å². The van der Waals surface area contributed by atoms with Crippen LogP contribution in [0, 0.1) is 0 Å². The summed E-state index contributed by atoms with van der Waals surface area (Å²) in [6, 6.07) is 5.99. The molecule has 1 atom stereocenters. The molecule has 1 aromatic rings. The maximum absolute atomic E-state index is 11.3. The largest absolute Gasteiger partial charge is 0.432 e. The molecule has 0 aliphatic rings. The number of carbonyl (C=O) groups is 2. The zero-order chi connectivity index (χ0) is 11.3. The lowest BCUT2D eigenvalue weighted by Gasteiger charge is -2.09. The van der Waals surface area contributed by atoms with Crippen LogP contribution < -0.4 is 0 Å². The standard InChI is InChI=1S/C11H12O4/c1-2-10(13)15-11(14)9-5-3-8(7-12)4-6-9/h3-7,10,13H,2H2,1H3. The summed E-state index contributed by atoms with van der Waals surface area (Å²) in [6.45, 7) is 1.70. The van der Waals surface area contributed by atoms with Crippen LogP contribution in [0.3, 0.4) is 0 Å². The highest BCUT2D eigenvalue weighted by atomic mass is 16.6. The first-order chi connectivity index (χ1) is 7.17. The van der Waals surface area contributed by atoms with E-state index in [0.717, 1.165) is 0 Å². The summed E-state index contributed by atoms with van der Waals surface area (Å²) < 4.78 is 4.69. The summed E-state index contributed by atoms with van der Waals surface area (Å²) in [4.78, 5) is 21.7. The minimum atomic E-state index is -1.08. The number of carbonyl (C=O) groups excluding carboxylic acids is 2. The molecule has 0 amide bonds. The van der Waals surface area contributed by atoms with Crippen molar-refractivity contribution in [3.63, 3.8) is 0 Å². The van der Waals surface area contributed by atoms with E-state index in [1.54, 1.807) is 6.92 Å². The normalized spacial score (nSPS) is 11.9. The van der Waals surface area contributed by atoms with Gasteiger partial charge in [0.1, 0.15) is 6.29 Å². The first kappa shape index (κ1) is 11.4. The third-order valence-corrected chi connectivity index (χ3v) is 1.87. The van der Waals surface area contributed by atoms with E-state index in [1.165, 1.54) is 24.3 Å². The van der Waals surface area contributed by atoms with Gasteiger partial charge < -0.3 is 9.84 Å². The maximum atomic E-state index is 11.3. The van der Waals surface area contributed by atoms with Crippen LogP contribution in [0.2, 0.25) is 0 Å². The van der Waals surface area contributed by atoms with Gasteiger partial charge in [-0.2, -0.15) is 0 Å². The molecule has 80 valence electrons. The maximum Gasteiger partial charge on any atom is 0.340 e. The molecular weight excluding hydrogens is 196 g/mol. The van der Waals surface area contributed by atoms with Crippen LogP contribution in [0.5, 0.6) is 0 Å². The van der Waals surface area contributed by atoms with Gasteiger partial charge >= 0.3 is 5.97 Å². The van der Waals surface area contributed by atoms with Gasteiger partial charge in [-0.15, -0.1) is 0 Å². The van der Waals surface area contributed by atoms with Crippen molar-refractivity contribution in [1.82, 2.24) is 0 Å². The van der Waals surface area contributed by atoms with Crippen molar-refractivity contribution in [1.29, 1.82) is 0 Å². The van der Waals surface area contributed by atoms with Crippen LogP contribution in [0.1, 0.15) is 34.1 Å². The highest BCUT2D eigenvalue weighted by molar-refractivity contribution is 5.90. The number of ether oxygens (including phenoxy) is 1. The Labute approximate surface area is 87.5 Å². The average molecular weight is 208 g/mol. The fourth-order valence-electron chi connectivity index (χ4n) is 0.973. The fraction of sp³-hybridized carbons (Fsp3) is 0.273. The average Bonchev–Trinajstić information content (AvgIpc) is 2.29. The Morgan fingerprint density at radius 2 is 2.07 bits per heavy atom. The zero-order valence-electron chi connectivity index (χ0n) is 8.34. The molecule has 0 aliphatic heterocycles. The van der Waals surface area contributed by atoms with Crippen molar-refractivity contribution in [3.05, 3.63) is 35.4 Å². The van der Waals surface area contributed by atoms with Gasteiger partial charge in [-0.05, 0) is 12.1 Å². The summed E-state index contributed by atoms with van der Waals surface area (Å²) in [6.07, 6.45) is -0.0444. The molecule has 1 unspecified atom stereocenters. The molecule has 0 aliphatic carbocycles. The van der Waals surface area contributed by atoms with Gasteiger partial charge in [-0.1, -0.05) is 19.1 Å². The Bertz CT molecular complexity index is 342. The van der Waals surface area contributed by atoms with Gasteiger partial charge in [0, 0.05) is 12.0 Å². The molecule has 0 bridgehead atoms. The quantitative estimate of drug-likeness (QED) is 0.461. The first-order valence-electron chi connectivity index (χ1n) is 4.61. The van der Waals surface area contributed by atoms with Crippen molar-refractivity contribution in [2.24, 2.45) is 0 Å². The van der Waals surface area contributed by atoms with Crippen LogP contribution in [-0.4, -0.2) is 23.7 Å². The van der Waals surface area contributed by atoms with Crippen molar-refractivity contribution < 1.29 is 19.4 Å². The SMILES string of the molecule is CCC(O)OC(=O)c1ccc(C=O)cc1. The van der Waals surface area contributed by atoms with Crippen LogP contribution in [-0.2, 0) is 4.74 Å². The number of benzene rings is 1. The molecule has 1 aromatic carbocycles. The van der Waals surface area contributed by atoms with Crippen molar-refractivity contribution in [2.45, 2.75) is 19.6 Å². The lowest BCUT2D eigenvalue weighted by molar-refractivity contribution is -0.0656. The summed E-state index contributed by atoms with van der Waals surface area (Å²) in [5.74, 6) is -0.596. The van der Waals surface area contributed by atoms with E-state index in [2.05, 4.69) is 4.74 Å². The van der Waals surface area contributed by atoms with Gasteiger partial charge in [0.2, 0.25) is 6.29 Å². The topological polar surface area (TPSA) is 63.6 Å². The smallest absolute Gasteiger partial charge is 0.340 e. The van der Waals surface area contributed by atoms with Crippen LogP contribution >= 0.6 is 0 Å². The third kappa shape index (κ3) is 3.18. The lowest BCUT2D eigenvalue weighted by Crippen LogP contribution is -2.16. The zero-order valence-corrected chi connectivity index (χ0v) is 8.34. The second-order valence-electron chi connectivity index (χ2n) is 3.01. The summed E-state index contributed by atoms with van der Waals surface area (Å²) in [5.41, 5.74) is 0.802. The number of aliphatic hydroxyl groups excluding tert-OH is 1. The van der Waals surface area contributed by atoms with Gasteiger partial charge in [0.05, 0.1) is 5.56 Å². The number of esters is 1. The van der Waals surface area contributed by atoms with E-state index < -0.39 is 12.3 Å². The van der Waals surface area contributed by atoms with Crippen molar-refractivity contribution in [3.8, 4) is 0 Å². The number of aliphatic hydroxyl groups is 1. The van der Waals surface area contributed by atoms with Crippen LogP contribution in [0.15, 0.2) is 24.3 Å². The van der Waals surface area contributed by atoms with Crippen molar-refractivity contribution in [2.75, 3.05) is 0 Å². The molecule has 1 rings (SSSR count). The second-order valence-corrected chi connectivity index (χ2v) is 3.01. The third-order valence-electron chi connectivity index (χ3n) is 1.87. The predicted molar refractivity (Wildman–Crippen MR) is 53.5 cm³/mol. The van der Waals surface area contributed by atoms with E-state index >= 15 is 0 Å². The molecule has 0 fully saturated rings. The Hall–Kier alpha value is -1.68. The Morgan fingerprint density at radius 3 is 2.53 bits per heavy atom. The van der Waals surface area contributed by atoms with E-state index in [0.29, 0.717) is 23.8 Å². The van der Waals surface area contributed by atoms with Crippen LogP contribution in [0.25, 0.3) is 0 Å².